The van der Waals surface area contributed by atoms with Crippen molar-refractivity contribution < 1.29 is 30.5 Å². The number of hydrogen-bond acceptors (Lipinski definition) is 3. The fourth-order valence-corrected chi connectivity index (χ4v) is 6.79. The Balaban J connectivity index is 2.35. The van der Waals surface area contributed by atoms with E-state index in [1.165, 1.54) is 0 Å². The minimum atomic E-state index is 0.0750. The molecule has 1 fully saturated rings. The minimum absolute atomic E-state index is 0.0750. The van der Waals surface area contributed by atoms with Crippen molar-refractivity contribution in [3.8, 4) is 0 Å². The molecule has 1 saturated heterocycles. The second-order valence-electron chi connectivity index (χ2n) is 3.29. The third-order valence-corrected chi connectivity index (χ3v) is 10.6. The summed E-state index contributed by atoms with van der Waals surface area (Å²) >= 11 is 3.67. The van der Waals surface area contributed by atoms with Gasteiger partial charge in [-0.25, -0.2) is 0 Å². The van der Waals surface area contributed by atoms with Crippen LogP contribution in [0.4, 0.5) is 0 Å². The van der Waals surface area contributed by atoms with E-state index in [4.69, 9.17) is 9.26 Å². The SMILES string of the molecule is CC(I)([I-]C1CO1)N(P)C[CH]([AlH2])OP. The summed E-state index contributed by atoms with van der Waals surface area (Å²) in [6.45, 7) is 4.26. The van der Waals surface area contributed by atoms with Crippen LogP contribution in [0.5, 0.6) is 0 Å². The molecule has 14 heavy (non-hydrogen) atoms. The first-order chi connectivity index (χ1) is 6.45. The number of hydrogen-bond donors (Lipinski definition) is 0. The van der Waals surface area contributed by atoms with Gasteiger partial charge in [0.15, 0.2) is 0 Å². The fraction of sp³-hybridized carbons (Fsp3) is 1.00. The van der Waals surface area contributed by atoms with Gasteiger partial charge in [0, 0.05) is 0 Å². The summed E-state index contributed by atoms with van der Waals surface area (Å²) in [5, 5.41) is 0. The molecule has 0 spiro atoms. The quantitative estimate of drug-likeness (QED) is 0.105. The van der Waals surface area contributed by atoms with Gasteiger partial charge in [-0.15, -0.1) is 0 Å². The van der Waals surface area contributed by atoms with E-state index >= 15 is 0 Å². The van der Waals surface area contributed by atoms with Gasteiger partial charge in [-0.3, -0.25) is 0 Å². The van der Waals surface area contributed by atoms with Crippen LogP contribution in [0.3, 0.4) is 0 Å². The van der Waals surface area contributed by atoms with Gasteiger partial charge in [0.05, 0.1) is 0 Å². The zero-order chi connectivity index (χ0) is 10.8. The average Bonchev–Trinajstić information content (AvgIpc) is 2.87. The molecular weight excluding hydrogens is 461 g/mol. The molecule has 0 aromatic carbocycles. The normalized spacial score (nSPS) is 27.6. The summed E-state index contributed by atoms with van der Waals surface area (Å²) in [5.41, 5.74) is 0. The molecule has 5 unspecified atom stereocenters. The van der Waals surface area contributed by atoms with Gasteiger partial charge < -0.3 is 0 Å². The molecule has 5 atom stereocenters. The molecule has 0 radical (unpaired) electrons. The van der Waals surface area contributed by atoms with Crippen LogP contribution in [-0.4, -0.2) is 44.7 Å². The Morgan fingerprint density at radius 1 is 1.93 bits per heavy atom. The zero-order valence-electron chi connectivity index (χ0n) is 8.24. The third-order valence-electron chi connectivity index (χ3n) is 1.80. The van der Waals surface area contributed by atoms with Gasteiger partial charge in [-0.05, 0) is 0 Å². The first-order valence-electron chi connectivity index (χ1n) is 4.28. The molecule has 8 heteroatoms. The van der Waals surface area contributed by atoms with Crippen molar-refractivity contribution in [3.63, 3.8) is 0 Å². The van der Waals surface area contributed by atoms with Crippen LogP contribution in [0.2, 0.25) is 0 Å². The number of rotatable bonds is 6. The first kappa shape index (κ1) is 14.8. The molecule has 84 valence electrons. The fourth-order valence-electron chi connectivity index (χ4n) is 0.864. The maximum atomic E-state index is 5.31. The Morgan fingerprint density at radius 3 is 2.93 bits per heavy atom. The van der Waals surface area contributed by atoms with Crippen molar-refractivity contribution in [1.82, 2.24) is 4.67 Å². The van der Waals surface area contributed by atoms with Crippen molar-refractivity contribution in [2.45, 2.75) is 17.6 Å². The van der Waals surface area contributed by atoms with Crippen LogP contribution in [0.25, 0.3) is 0 Å². The molecule has 1 aliphatic heterocycles. The summed E-state index contributed by atoms with van der Waals surface area (Å²) in [6, 6.07) is 0. The molecular formula is C6H15AlI2NO2P2-. The van der Waals surface area contributed by atoms with E-state index in [1.807, 2.05) is 0 Å². The van der Waals surface area contributed by atoms with Gasteiger partial charge >= 0.3 is 124 Å². The number of ether oxygens (including phenoxy) is 1. The Kier molecular flexibility index (Phi) is 6.98. The monoisotopic (exact) mass is 476 g/mol. The maximum absolute atomic E-state index is 5.31. The van der Waals surface area contributed by atoms with E-state index in [0.717, 1.165) is 29.4 Å². The number of epoxide rings is 1. The Bertz CT molecular complexity index is 197. The van der Waals surface area contributed by atoms with Gasteiger partial charge in [-0.2, -0.15) is 0 Å². The molecule has 0 amide bonds. The summed E-state index contributed by atoms with van der Waals surface area (Å²) in [7, 11) is 5.18. The molecule has 0 aromatic rings. The molecule has 0 aliphatic carbocycles. The summed E-state index contributed by atoms with van der Waals surface area (Å²) in [6.07, 6.45) is 0. The standard InChI is InChI=1S/C6H13I2NO2P2.Al.2H/c1-6(7,8-5-4-10-5)9(12)2-3-11-13;;;/h3,5H,2,4,12-13H2,1H3;;;/q-1;;;. The van der Waals surface area contributed by atoms with Crippen LogP contribution < -0.4 is 21.2 Å². The molecule has 0 N–H and O–H groups in total. The topological polar surface area (TPSA) is 25.0 Å². The number of halogens is 2. The predicted octanol–water partition coefficient (Wildman–Crippen LogP) is -2.60. The van der Waals surface area contributed by atoms with Crippen LogP contribution in [0, 0.1) is 0 Å². The van der Waals surface area contributed by atoms with Crippen LogP contribution >= 0.6 is 41.4 Å². The second kappa shape index (κ2) is 6.61. The van der Waals surface area contributed by atoms with Crippen molar-refractivity contribution in [3.05, 3.63) is 0 Å². The molecule has 1 heterocycles. The average molecular weight is 476 g/mol. The Labute approximate surface area is 122 Å². The van der Waals surface area contributed by atoms with E-state index in [9.17, 15) is 0 Å². The molecule has 0 aromatic heterocycles. The first-order valence-corrected chi connectivity index (χ1v) is 9.83. The van der Waals surface area contributed by atoms with Crippen LogP contribution in [-0.2, 0) is 9.26 Å². The van der Waals surface area contributed by atoms with Crippen molar-refractivity contribution in [2.24, 2.45) is 0 Å². The van der Waals surface area contributed by atoms with Crippen LogP contribution in [0.15, 0.2) is 0 Å². The molecule has 1 aliphatic rings. The van der Waals surface area contributed by atoms with E-state index in [-0.39, 0.29) is 22.8 Å². The van der Waals surface area contributed by atoms with Crippen LogP contribution in [0.1, 0.15) is 6.92 Å². The van der Waals surface area contributed by atoms with Crippen molar-refractivity contribution in [1.29, 1.82) is 0 Å². The Morgan fingerprint density at radius 2 is 2.50 bits per heavy atom. The van der Waals surface area contributed by atoms with E-state index in [2.05, 4.69) is 53.0 Å². The van der Waals surface area contributed by atoms with Gasteiger partial charge in [-0.1, -0.05) is 0 Å². The summed E-state index contributed by atoms with van der Waals surface area (Å²) in [5.74, 6) is 0. The van der Waals surface area contributed by atoms with E-state index < -0.39 is 0 Å². The van der Waals surface area contributed by atoms with Crippen molar-refractivity contribution >= 4 is 57.7 Å². The molecule has 1 rings (SSSR count). The second-order valence-corrected chi connectivity index (χ2v) is 13.8. The van der Waals surface area contributed by atoms with E-state index in [1.54, 1.807) is 0 Å². The number of nitrogens with zero attached hydrogens (tertiary/aromatic N) is 1. The van der Waals surface area contributed by atoms with Gasteiger partial charge in [0.25, 0.3) is 0 Å². The molecule has 3 nitrogen and oxygen atoms in total. The van der Waals surface area contributed by atoms with Crippen molar-refractivity contribution in [2.75, 3.05) is 13.2 Å². The Hall–Kier alpha value is 2.73. The molecule has 0 saturated carbocycles. The number of alkyl halides is 3. The van der Waals surface area contributed by atoms with E-state index in [0.29, 0.717) is 9.08 Å². The summed E-state index contributed by atoms with van der Waals surface area (Å²) < 4.78 is 13.7. The predicted molar refractivity (Wildman–Crippen MR) is 71.7 cm³/mol. The molecule has 0 bridgehead atoms. The van der Waals surface area contributed by atoms with Gasteiger partial charge in [0.2, 0.25) is 0 Å². The zero-order valence-corrected chi connectivity index (χ0v) is 16.9. The summed E-state index contributed by atoms with van der Waals surface area (Å²) in [4.78, 5) is 0.385. The third kappa shape index (κ3) is 5.38. The van der Waals surface area contributed by atoms with Gasteiger partial charge in [0.1, 0.15) is 0 Å².